The molecule has 0 aliphatic rings. The van der Waals surface area contributed by atoms with Gasteiger partial charge in [0, 0.05) is 12.0 Å². The van der Waals surface area contributed by atoms with Crippen molar-refractivity contribution in [3.63, 3.8) is 0 Å². The van der Waals surface area contributed by atoms with Gasteiger partial charge in [-0.25, -0.2) is 8.78 Å². The highest BCUT2D eigenvalue weighted by atomic mass is 19.2. The van der Waals surface area contributed by atoms with E-state index in [1.807, 2.05) is 30.3 Å². The highest BCUT2D eigenvalue weighted by Crippen LogP contribution is 2.23. The fraction of sp³-hybridized carbons (Fsp3) is 0.0500. The van der Waals surface area contributed by atoms with Gasteiger partial charge in [0.15, 0.2) is 17.1 Å². The van der Waals surface area contributed by atoms with Gasteiger partial charge in [-0.05, 0) is 34.5 Å². The van der Waals surface area contributed by atoms with Crippen LogP contribution in [0.25, 0.3) is 21.7 Å². The maximum atomic E-state index is 13.4. The zero-order valence-electron chi connectivity index (χ0n) is 12.6. The van der Waals surface area contributed by atoms with E-state index in [1.165, 1.54) is 12.3 Å². The van der Waals surface area contributed by atoms with Crippen LogP contribution in [0.5, 0.6) is 0 Å². The van der Waals surface area contributed by atoms with E-state index in [-0.39, 0.29) is 11.8 Å². The summed E-state index contributed by atoms with van der Waals surface area (Å²) in [6.07, 6.45) is 1.57. The fourth-order valence-corrected chi connectivity index (χ4v) is 2.92. The van der Waals surface area contributed by atoms with E-state index in [9.17, 15) is 13.6 Å². The van der Waals surface area contributed by atoms with Crippen molar-refractivity contribution in [2.24, 2.45) is 0 Å². The lowest BCUT2D eigenvalue weighted by Crippen LogP contribution is -2.10. The molecular formula is C20H12F2O2. The Morgan fingerprint density at radius 2 is 1.75 bits per heavy atom. The van der Waals surface area contributed by atoms with Crippen LogP contribution in [0.2, 0.25) is 0 Å². The maximum Gasteiger partial charge on any atom is 0.196 e. The number of halogens is 2. The van der Waals surface area contributed by atoms with Crippen molar-refractivity contribution in [1.29, 1.82) is 0 Å². The Balaban J connectivity index is 1.90. The summed E-state index contributed by atoms with van der Waals surface area (Å²) in [6.45, 7) is 0. The van der Waals surface area contributed by atoms with Crippen LogP contribution in [-0.4, -0.2) is 0 Å². The summed E-state index contributed by atoms with van der Waals surface area (Å²) in [4.78, 5) is 12.9. The van der Waals surface area contributed by atoms with Crippen LogP contribution in [0, 0.1) is 11.6 Å². The van der Waals surface area contributed by atoms with Gasteiger partial charge >= 0.3 is 0 Å². The molecule has 3 aromatic carbocycles. The molecule has 0 unspecified atom stereocenters. The van der Waals surface area contributed by atoms with E-state index < -0.39 is 11.6 Å². The summed E-state index contributed by atoms with van der Waals surface area (Å²) < 4.78 is 32.0. The Morgan fingerprint density at radius 3 is 2.58 bits per heavy atom. The van der Waals surface area contributed by atoms with Crippen LogP contribution in [0.15, 0.2) is 70.1 Å². The number of hydrogen-bond donors (Lipinski definition) is 0. The van der Waals surface area contributed by atoms with Gasteiger partial charge in [0.25, 0.3) is 0 Å². The maximum absolute atomic E-state index is 13.4. The van der Waals surface area contributed by atoms with Crippen LogP contribution in [-0.2, 0) is 6.42 Å². The Hall–Kier alpha value is -3.01. The molecule has 24 heavy (non-hydrogen) atoms. The first-order chi connectivity index (χ1) is 11.6. The van der Waals surface area contributed by atoms with Crippen LogP contribution >= 0.6 is 0 Å². The van der Waals surface area contributed by atoms with Crippen LogP contribution < -0.4 is 5.43 Å². The first kappa shape index (κ1) is 14.6. The molecule has 4 aromatic rings. The van der Waals surface area contributed by atoms with E-state index in [2.05, 4.69) is 0 Å². The average molecular weight is 322 g/mol. The second kappa shape index (κ2) is 5.57. The number of benzene rings is 3. The predicted octanol–water partition coefficient (Wildman–Crippen LogP) is 4.82. The largest absolute Gasteiger partial charge is 0.464 e. The van der Waals surface area contributed by atoms with Gasteiger partial charge in [0.1, 0.15) is 5.58 Å². The highest BCUT2D eigenvalue weighted by molar-refractivity contribution is 6.05. The van der Waals surface area contributed by atoms with Crippen LogP contribution in [0.4, 0.5) is 8.78 Å². The molecule has 0 N–H and O–H groups in total. The zero-order chi connectivity index (χ0) is 16.7. The minimum atomic E-state index is -0.928. The van der Waals surface area contributed by atoms with Crippen molar-refractivity contribution in [3.8, 4) is 0 Å². The standard InChI is InChI=1S/C20H12F2O2/c21-16-7-5-12(10-17(16)22)9-14-11-24-18-8-6-13-3-1-2-4-15(13)19(18)20(14)23/h1-8,10-11H,9H2. The molecule has 118 valence electrons. The average Bonchev–Trinajstić information content (AvgIpc) is 2.60. The molecule has 0 bridgehead atoms. The minimum absolute atomic E-state index is 0.155. The molecule has 4 rings (SSSR count). The van der Waals surface area contributed by atoms with E-state index in [0.29, 0.717) is 22.1 Å². The van der Waals surface area contributed by atoms with E-state index >= 15 is 0 Å². The lowest BCUT2D eigenvalue weighted by molar-refractivity contribution is 0.507. The van der Waals surface area contributed by atoms with Gasteiger partial charge in [-0.2, -0.15) is 0 Å². The Kier molecular flexibility index (Phi) is 3.38. The molecule has 2 nitrogen and oxygen atoms in total. The molecule has 1 heterocycles. The molecule has 1 aromatic heterocycles. The van der Waals surface area contributed by atoms with Crippen molar-refractivity contribution in [1.82, 2.24) is 0 Å². The quantitative estimate of drug-likeness (QED) is 0.496. The molecular weight excluding hydrogens is 310 g/mol. The Morgan fingerprint density at radius 1 is 0.917 bits per heavy atom. The second-order valence-corrected chi connectivity index (χ2v) is 5.68. The molecule has 0 saturated carbocycles. The lowest BCUT2D eigenvalue weighted by atomic mass is 10.0. The topological polar surface area (TPSA) is 30.2 Å². The molecule has 0 aliphatic carbocycles. The first-order valence-electron chi connectivity index (χ1n) is 7.49. The molecule has 0 amide bonds. The number of rotatable bonds is 2. The molecule has 0 aliphatic heterocycles. The summed E-state index contributed by atoms with van der Waals surface area (Å²) in [5, 5.41) is 2.27. The van der Waals surface area contributed by atoms with E-state index in [0.717, 1.165) is 22.9 Å². The van der Waals surface area contributed by atoms with Gasteiger partial charge in [-0.3, -0.25) is 4.79 Å². The predicted molar refractivity (Wildman–Crippen MR) is 89.2 cm³/mol. The summed E-state index contributed by atoms with van der Waals surface area (Å²) in [6, 6.07) is 14.8. The summed E-state index contributed by atoms with van der Waals surface area (Å²) in [5.41, 5.74) is 1.27. The molecule has 0 radical (unpaired) electrons. The molecule has 0 fully saturated rings. The van der Waals surface area contributed by atoms with Crippen LogP contribution in [0.3, 0.4) is 0 Å². The van der Waals surface area contributed by atoms with Gasteiger partial charge in [0.05, 0.1) is 11.6 Å². The van der Waals surface area contributed by atoms with Crippen molar-refractivity contribution >= 4 is 21.7 Å². The normalized spacial score (nSPS) is 11.2. The number of fused-ring (bicyclic) bond motifs is 3. The number of hydrogen-bond acceptors (Lipinski definition) is 2. The summed E-state index contributed by atoms with van der Waals surface area (Å²) >= 11 is 0. The smallest absolute Gasteiger partial charge is 0.196 e. The van der Waals surface area contributed by atoms with E-state index in [1.54, 1.807) is 6.07 Å². The van der Waals surface area contributed by atoms with E-state index in [4.69, 9.17) is 4.42 Å². The molecule has 0 saturated heterocycles. The molecule has 0 spiro atoms. The van der Waals surface area contributed by atoms with Crippen molar-refractivity contribution < 1.29 is 13.2 Å². The monoisotopic (exact) mass is 322 g/mol. The Bertz CT molecular complexity index is 1130. The Labute approximate surface area is 136 Å². The third kappa shape index (κ3) is 2.36. The van der Waals surface area contributed by atoms with Gasteiger partial charge in [0.2, 0.25) is 0 Å². The first-order valence-corrected chi connectivity index (χ1v) is 7.49. The van der Waals surface area contributed by atoms with Crippen molar-refractivity contribution in [2.75, 3.05) is 0 Å². The lowest BCUT2D eigenvalue weighted by Gasteiger charge is -2.06. The SMILES string of the molecule is O=c1c(Cc2ccc(F)c(F)c2)coc2ccc3ccccc3c12. The van der Waals surface area contributed by atoms with Crippen LogP contribution in [0.1, 0.15) is 11.1 Å². The van der Waals surface area contributed by atoms with Crippen molar-refractivity contribution in [2.45, 2.75) is 6.42 Å². The summed E-state index contributed by atoms with van der Waals surface area (Å²) in [5.74, 6) is -1.83. The van der Waals surface area contributed by atoms with Gasteiger partial charge in [-0.15, -0.1) is 0 Å². The minimum Gasteiger partial charge on any atom is -0.464 e. The highest BCUT2D eigenvalue weighted by Gasteiger charge is 2.12. The third-order valence-corrected chi connectivity index (χ3v) is 4.12. The zero-order valence-corrected chi connectivity index (χ0v) is 12.6. The summed E-state index contributed by atoms with van der Waals surface area (Å²) in [7, 11) is 0. The fourth-order valence-electron chi connectivity index (χ4n) is 2.92. The van der Waals surface area contributed by atoms with Gasteiger partial charge < -0.3 is 4.42 Å². The molecule has 0 atom stereocenters. The van der Waals surface area contributed by atoms with Gasteiger partial charge in [-0.1, -0.05) is 36.4 Å². The molecule has 4 heteroatoms. The second-order valence-electron chi connectivity index (χ2n) is 5.68. The third-order valence-electron chi connectivity index (χ3n) is 4.12. The van der Waals surface area contributed by atoms with Crippen molar-refractivity contribution in [3.05, 3.63) is 93.8 Å².